The summed E-state index contributed by atoms with van der Waals surface area (Å²) in [5.74, 6) is -0.760. The summed E-state index contributed by atoms with van der Waals surface area (Å²) in [7, 11) is 0. The van der Waals surface area contributed by atoms with Gasteiger partial charge in [-0.25, -0.2) is 0 Å². The largest absolute Gasteiger partial charge is 0.481 e. The molecule has 0 saturated carbocycles. The molecule has 1 amide bonds. The van der Waals surface area contributed by atoms with Crippen LogP contribution in [0.25, 0.3) is 0 Å². The highest BCUT2D eigenvalue weighted by molar-refractivity contribution is 5.75. The molecule has 0 aliphatic heterocycles. The van der Waals surface area contributed by atoms with Crippen molar-refractivity contribution in [3.63, 3.8) is 0 Å². The van der Waals surface area contributed by atoms with Crippen LogP contribution >= 0.6 is 0 Å². The summed E-state index contributed by atoms with van der Waals surface area (Å²) in [6, 6.07) is 0. The standard InChI is InChI=1S/C27H53NO6/c1-2-3-4-5-6-7-8-9-10-11-12-13-14-15-16-17-26(29)28-19-21-33-23-25-34-24-22-32-20-18-27(30)31/h2-25H2,1H3,(H,28,29)(H,30,31). The van der Waals surface area contributed by atoms with Crippen molar-refractivity contribution in [3.05, 3.63) is 0 Å². The molecule has 0 heterocycles. The predicted molar refractivity (Wildman–Crippen MR) is 137 cm³/mol. The molecule has 0 atom stereocenters. The minimum atomic E-state index is -0.865. The highest BCUT2D eigenvalue weighted by atomic mass is 16.5. The van der Waals surface area contributed by atoms with Gasteiger partial charge in [0.1, 0.15) is 0 Å². The van der Waals surface area contributed by atoms with E-state index in [1.807, 2.05) is 0 Å². The van der Waals surface area contributed by atoms with E-state index in [-0.39, 0.29) is 18.9 Å². The van der Waals surface area contributed by atoms with E-state index in [1.54, 1.807) is 0 Å². The minimum absolute atomic E-state index is 0.00821. The number of nitrogens with one attached hydrogen (secondary N) is 1. The van der Waals surface area contributed by atoms with Crippen LogP contribution < -0.4 is 5.32 Å². The highest BCUT2D eigenvalue weighted by Crippen LogP contribution is 2.13. The second-order valence-electron chi connectivity index (χ2n) is 9.03. The van der Waals surface area contributed by atoms with Crippen LogP contribution in [0.5, 0.6) is 0 Å². The van der Waals surface area contributed by atoms with Crippen molar-refractivity contribution in [1.29, 1.82) is 0 Å². The Morgan fingerprint density at radius 2 is 0.971 bits per heavy atom. The minimum Gasteiger partial charge on any atom is -0.481 e. The molecule has 0 rings (SSSR count). The van der Waals surface area contributed by atoms with E-state index in [0.717, 1.165) is 12.8 Å². The second kappa shape index (κ2) is 28.1. The number of carbonyl (C=O) groups is 2. The Bertz CT molecular complexity index is 447. The number of carboxylic acid groups (broad SMARTS) is 1. The third kappa shape index (κ3) is 28.9. The van der Waals surface area contributed by atoms with Crippen LogP contribution in [0.1, 0.15) is 116 Å². The average molecular weight is 488 g/mol. The number of hydrogen-bond donors (Lipinski definition) is 2. The quantitative estimate of drug-likeness (QED) is 0.134. The molecule has 0 aliphatic rings. The zero-order valence-corrected chi connectivity index (χ0v) is 22.0. The Morgan fingerprint density at radius 3 is 1.44 bits per heavy atom. The summed E-state index contributed by atoms with van der Waals surface area (Å²) in [6.07, 6.45) is 20.5. The van der Waals surface area contributed by atoms with Crippen LogP contribution in [0.2, 0.25) is 0 Å². The van der Waals surface area contributed by atoms with Crippen LogP contribution in [0.15, 0.2) is 0 Å². The number of carbonyl (C=O) groups excluding carboxylic acids is 1. The maximum absolute atomic E-state index is 11.8. The second-order valence-corrected chi connectivity index (χ2v) is 9.03. The lowest BCUT2D eigenvalue weighted by Crippen LogP contribution is -2.27. The predicted octanol–water partition coefficient (Wildman–Crippen LogP) is 5.89. The van der Waals surface area contributed by atoms with E-state index >= 15 is 0 Å². The van der Waals surface area contributed by atoms with Crippen LogP contribution in [-0.2, 0) is 23.8 Å². The van der Waals surface area contributed by atoms with Crippen molar-refractivity contribution in [3.8, 4) is 0 Å². The molecule has 7 heteroatoms. The van der Waals surface area contributed by atoms with Gasteiger partial charge in [0.2, 0.25) is 5.91 Å². The van der Waals surface area contributed by atoms with Crippen molar-refractivity contribution in [2.75, 3.05) is 46.2 Å². The first kappa shape index (κ1) is 32.8. The Morgan fingerprint density at radius 1 is 0.559 bits per heavy atom. The van der Waals surface area contributed by atoms with Gasteiger partial charge in [-0.15, -0.1) is 0 Å². The van der Waals surface area contributed by atoms with E-state index in [2.05, 4.69) is 12.2 Å². The lowest BCUT2D eigenvalue weighted by Gasteiger charge is -2.08. The van der Waals surface area contributed by atoms with Crippen molar-refractivity contribution < 1.29 is 28.9 Å². The number of rotatable bonds is 28. The smallest absolute Gasteiger partial charge is 0.305 e. The van der Waals surface area contributed by atoms with Gasteiger partial charge in [-0.3, -0.25) is 9.59 Å². The van der Waals surface area contributed by atoms with E-state index in [1.165, 1.54) is 83.5 Å². The van der Waals surface area contributed by atoms with Crippen molar-refractivity contribution in [1.82, 2.24) is 5.32 Å². The molecule has 0 aromatic carbocycles. The summed E-state index contributed by atoms with van der Waals surface area (Å²) in [5.41, 5.74) is 0. The summed E-state index contributed by atoms with van der Waals surface area (Å²) in [5, 5.41) is 11.4. The van der Waals surface area contributed by atoms with Gasteiger partial charge in [-0.2, -0.15) is 0 Å². The summed E-state index contributed by atoms with van der Waals surface area (Å²) >= 11 is 0. The first-order valence-corrected chi connectivity index (χ1v) is 13.9. The molecule has 202 valence electrons. The summed E-state index contributed by atoms with van der Waals surface area (Å²) < 4.78 is 15.9. The fourth-order valence-electron chi connectivity index (χ4n) is 3.71. The Balaban J connectivity index is 3.15. The molecule has 0 aliphatic carbocycles. The molecule has 0 radical (unpaired) electrons. The first-order chi connectivity index (χ1) is 16.7. The Hall–Kier alpha value is -1.18. The molecule has 34 heavy (non-hydrogen) atoms. The molecular formula is C27H53NO6. The molecule has 0 unspecified atom stereocenters. The molecule has 7 nitrogen and oxygen atoms in total. The van der Waals surface area contributed by atoms with Crippen molar-refractivity contribution in [2.24, 2.45) is 0 Å². The number of hydrogen-bond acceptors (Lipinski definition) is 5. The zero-order chi connectivity index (χ0) is 25.0. The molecule has 0 fully saturated rings. The SMILES string of the molecule is CCCCCCCCCCCCCCCCCC(=O)NCCOCCOCCOCCC(=O)O. The topological polar surface area (TPSA) is 94.1 Å². The first-order valence-electron chi connectivity index (χ1n) is 13.9. The average Bonchev–Trinajstić information content (AvgIpc) is 2.82. The van der Waals surface area contributed by atoms with E-state index in [4.69, 9.17) is 19.3 Å². The fraction of sp³-hybridized carbons (Fsp3) is 0.926. The van der Waals surface area contributed by atoms with E-state index < -0.39 is 5.97 Å². The number of aliphatic carboxylic acids is 1. The molecule has 2 N–H and O–H groups in total. The molecule has 0 saturated heterocycles. The van der Waals surface area contributed by atoms with Crippen molar-refractivity contribution in [2.45, 2.75) is 116 Å². The maximum atomic E-state index is 11.8. The number of ether oxygens (including phenoxy) is 3. The van der Waals surface area contributed by atoms with Gasteiger partial charge in [-0.1, -0.05) is 96.8 Å². The molecular weight excluding hydrogens is 434 g/mol. The third-order valence-electron chi connectivity index (χ3n) is 5.78. The van der Waals surface area contributed by atoms with E-state index in [9.17, 15) is 9.59 Å². The van der Waals surface area contributed by atoms with Gasteiger partial charge in [0, 0.05) is 13.0 Å². The highest BCUT2D eigenvalue weighted by Gasteiger charge is 2.01. The van der Waals surface area contributed by atoms with Gasteiger partial charge in [-0.05, 0) is 6.42 Å². The maximum Gasteiger partial charge on any atom is 0.305 e. The van der Waals surface area contributed by atoms with Gasteiger partial charge in [0.25, 0.3) is 0 Å². The normalized spacial score (nSPS) is 11.1. The summed E-state index contributed by atoms with van der Waals surface area (Å²) in [4.78, 5) is 22.2. The number of carboxylic acids is 1. The van der Waals surface area contributed by atoms with E-state index in [0.29, 0.717) is 46.0 Å². The van der Waals surface area contributed by atoms with Gasteiger partial charge < -0.3 is 24.6 Å². The van der Waals surface area contributed by atoms with Crippen molar-refractivity contribution >= 4 is 11.9 Å². The van der Waals surface area contributed by atoms with Crippen LogP contribution in [0.3, 0.4) is 0 Å². The van der Waals surface area contributed by atoms with Gasteiger partial charge in [0.15, 0.2) is 0 Å². The van der Waals surface area contributed by atoms with Crippen LogP contribution in [0.4, 0.5) is 0 Å². The molecule has 0 bridgehead atoms. The number of amides is 1. The monoisotopic (exact) mass is 487 g/mol. The van der Waals surface area contributed by atoms with Crippen LogP contribution in [-0.4, -0.2) is 63.2 Å². The number of unbranched alkanes of at least 4 members (excludes halogenated alkanes) is 14. The third-order valence-corrected chi connectivity index (χ3v) is 5.78. The van der Waals surface area contributed by atoms with Gasteiger partial charge in [0.05, 0.1) is 46.1 Å². The fourth-order valence-corrected chi connectivity index (χ4v) is 3.71. The van der Waals surface area contributed by atoms with Gasteiger partial charge >= 0.3 is 5.97 Å². The van der Waals surface area contributed by atoms with Crippen LogP contribution in [0, 0.1) is 0 Å². The molecule has 0 spiro atoms. The molecule has 0 aromatic heterocycles. The lowest BCUT2D eigenvalue weighted by molar-refractivity contribution is -0.138. The summed E-state index contributed by atoms with van der Waals surface area (Å²) in [6.45, 7) is 5.18. The Kier molecular flexibility index (Phi) is 27.1. The zero-order valence-electron chi connectivity index (χ0n) is 22.0. The lowest BCUT2D eigenvalue weighted by atomic mass is 10.0. The molecule has 0 aromatic rings. The Labute approximate surface area is 208 Å².